The van der Waals surface area contributed by atoms with Crippen LogP contribution in [0.15, 0.2) is 28.0 Å². The molecule has 1 fully saturated rings. The number of morpholine rings is 1. The van der Waals surface area contributed by atoms with Crippen LogP contribution >= 0.6 is 11.8 Å². The van der Waals surface area contributed by atoms with Gasteiger partial charge in [0.05, 0.1) is 19.5 Å². The first-order valence-electron chi connectivity index (χ1n) is 8.37. The number of aromatic nitrogens is 3. The molecule has 0 aromatic carbocycles. The van der Waals surface area contributed by atoms with Crippen molar-refractivity contribution in [1.82, 2.24) is 25.0 Å². The van der Waals surface area contributed by atoms with Gasteiger partial charge in [-0.15, -0.1) is 10.2 Å². The van der Waals surface area contributed by atoms with E-state index in [2.05, 4.69) is 20.4 Å². The predicted octanol–water partition coefficient (Wildman–Crippen LogP) is 0.805. The van der Waals surface area contributed by atoms with Crippen molar-refractivity contribution in [3.8, 4) is 0 Å². The molecule has 3 heterocycles. The van der Waals surface area contributed by atoms with E-state index in [0.29, 0.717) is 18.7 Å². The van der Waals surface area contributed by atoms with E-state index >= 15 is 0 Å². The zero-order valence-corrected chi connectivity index (χ0v) is 15.1. The highest BCUT2D eigenvalue weighted by molar-refractivity contribution is 7.99. The van der Waals surface area contributed by atoms with E-state index in [1.165, 1.54) is 6.26 Å². The van der Waals surface area contributed by atoms with Gasteiger partial charge in [0.25, 0.3) is 5.91 Å². The number of furan rings is 1. The third-order valence-electron chi connectivity index (χ3n) is 4.05. The molecule has 0 spiro atoms. The molecule has 8 nitrogen and oxygen atoms in total. The molecule has 25 heavy (non-hydrogen) atoms. The third kappa shape index (κ3) is 5.07. The van der Waals surface area contributed by atoms with E-state index < -0.39 is 0 Å². The maximum absolute atomic E-state index is 11.8. The number of rotatable bonds is 8. The number of thioether (sulfide) groups is 1. The minimum atomic E-state index is -0.215. The van der Waals surface area contributed by atoms with Crippen LogP contribution in [0.4, 0.5) is 0 Å². The lowest BCUT2D eigenvalue weighted by Gasteiger charge is -2.26. The van der Waals surface area contributed by atoms with E-state index in [4.69, 9.17) is 9.15 Å². The number of ether oxygens (including phenoxy) is 1. The van der Waals surface area contributed by atoms with E-state index in [-0.39, 0.29) is 5.91 Å². The van der Waals surface area contributed by atoms with E-state index in [1.807, 2.05) is 11.6 Å². The second-order valence-corrected chi connectivity index (χ2v) is 6.81. The Balaban J connectivity index is 1.40. The van der Waals surface area contributed by atoms with Crippen LogP contribution in [0.3, 0.4) is 0 Å². The molecule has 0 aliphatic carbocycles. The van der Waals surface area contributed by atoms with Gasteiger partial charge in [0.15, 0.2) is 10.9 Å². The van der Waals surface area contributed by atoms with Crippen LogP contribution in [0.1, 0.15) is 16.4 Å². The van der Waals surface area contributed by atoms with Gasteiger partial charge in [-0.1, -0.05) is 11.8 Å². The summed E-state index contributed by atoms with van der Waals surface area (Å²) in [5.41, 5.74) is 0. The molecule has 1 aliphatic heterocycles. The van der Waals surface area contributed by atoms with Crippen LogP contribution < -0.4 is 5.32 Å². The number of carbonyl (C=O) groups excluding carboxylic acids is 1. The van der Waals surface area contributed by atoms with Crippen molar-refractivity contribution in [3.05, 3.63) is 30.0 Å². The zero-order valence-electron chi connectivity index (χ0n) is 14.3. The number of carbonyl (C=O) groups is 1. The summed E-state index contributed by atoms with van der Waals surface area (Å²) in [5, 5.41) is 12.2. The Labute approximate surface area is 150 Å². The second kappa shape index (κ2) is 9.02. The van der Waals surface area contributed by atoms with Crippen molar-refractivity contribution in [3.63, 3.8) is 0 Å². The SMILES string of the molecule is Cn1c(CCNC(=O)c2ccco2)nnc1SCCN1CCOCC1. The van der Waals surface area contributed by atoms with Crippen LogP contribution in [0, 0.1) is 0 Å². The topological polar surface area (TPSA) is 85.4 Å². The van der Waals surface area contributed by atoms with Crippen LogP contribution in [0.2, 0.25) is 0 Å². The van der Waals surface area contributed by atoms with Crippen molar-refractivity contribution in [2.24, 2.45) is 7.05 Å². The maximum atomic E-state index is 11.8. The van der Waals surface area contributed by atoms with Gasteiger partial charge in [-0.05, 0) is 12.1 Å². The Morgan fingerprint density at radius 3 is 2.96 bits per heavy atom. The van der Waals surface area contributed by atoms with Gasteiger partial charge in [-0.2, -0.15) is 0 Å². The monoisotopic (exact) mass is 365 g/mol. The molecule has 0 saturated carbocycles. The first-order valence-corrected chi connectivity index (χ1v) is 9.35. The first kappa shape index (κ1) is 18.0. The molecule has 0 atom stereocenters. The Kier molecular flexibility index (Phi) is 6.48. The average Bonchev–Trinajstić information content (AvgIpc) is 3.28. The summed E-state index contributed by atoms with van der Waals surface area (Å²) in [6.45, 7) is 5.16. The number of amides is 1. The number of hydrogen-bond acceptors (Lipinski definition) is 7. The molecule has 2 aromatic heterocycles. The molecular formula is C16H23N5O3S. The van der Waals surface area contributed by atoms with Crippen LogP contribution in [0.25, 0.3) is 0 Å². The Morgan fingerprint density at radius 2 is 2.20 bits per heavy atom. The van der Waals surface area contributed by atoms with Crippen LogP contribution in [-0.2, 0) is 18.2 Å². The fraction of sp³-hybridized carbons (Fsp3) is 0.562. The van der Waals surface area contributed by atoms with E-state index in [1.54, 1.807) is 23.9 Å². The molecule has 136 valence electrons. The summed E-state index contributed by atoms with van der Waals surface area (Å²) >= 11 is 1.70. The molecular weight excluding hydrogens is 342 g/mol. The summed E-state index contributed by atoms with van der Waals surface area (Å²) in [6.07, 6.45) is 2.11. The molecule has 2 aromatic rings. The smallest absolute Gasteiger partial charge is 0.286 e. The van der Waals surface area contributed by atoms with Gasteiger partial charge in [0, 0.05) is 45.4 Å². The van der Waals surface area contributed by atoms with Crippen LogP contribution in [0.5, 0.6) is 0 Å². The minimum Gasteiger partial charge on any atom is -0.459 e. The molecule has 3 rings (SSSR count). The molecule has 9 heteroatoms. The Bertz CT molecular complexity index is 667. The van der Waals surface area contributed by atoms with Crippen LogP contribution in [-0.4, -0.2) is 70.7 Å². The lowest BCUT2D eigenvalue weighted by Crippen LogP contribution is -2.37. The molecule has 0 bridgehead atoms. The second-order valence-electron chi connectivity index (χ2n) is 5.74. The summed E-state index contributed by atoms with van der Waals surface area (Å²) in [6, 6.07) is 3.33. The summed E-state index contributed by atoms with van der Waals surface area (Å²) in [4.78, 5) is 14.2. The Hall–Kier alpha value is -1.84. The molecule has 1 N–H and O–H groups in total. The number of hydrogen-bond donors (Lipinski definition) is 1. The zero-order chi connectivity index (χ0) is 17.5. The van der Waals surface area contributed by atoms with Gasteiger partial charge in [-0.25, -0.2) is 0 Å². The van der Waals surface area contributed by atoms with Gasteiger partial charge in [0.2, 0.25) is 0 Å². The largest absolute Gasteiger partial charge is 0.459 e. The van der Waals surface area contributed by atoms with Crippen molar-refractivity contribution >= 4 is 17.7 Å². The van der Waals surface area contributed by atoms with Crippen molar-refractivity contribution in [2.45, 2.75) is 11.6 Å². The predicted molar refractivity (Wildman–Crippen MR) is 93.7 cm³/mol. The highest BCUT2D eigenvalue weighted by Gasteiger charge is 2.13. The first-order chi connectivity index (χ1) is 12.2. The van der Waals surface area contributed by atoms with Crippen molar-refractivity contribution < 1.29 is 13.9 Å². The summed E-state index contributed by atoms with van der Waals surface area (Å²) < 4.78 is 12.4. The van der Waals surface area contributed by atoms with E-state index in [0.717, 1.165) is 49.6 Å². The highest BCUT2D eigenvalue weighted by atomic mass is 32.2. The number of nitrogens with one attached hydrogen (secondary N) is 1. The molecule has 1 amide bonds. The lowest BCUT2D eigenvalue weighted by atomic mass is 10.3. The molecule has 1 saturated heterocycles. The normalized spacial score (nSPS) is 15.4. The third-order valence-corrected chi connectivity index (χ3v) is 5.05. The van der Waals surface area contributed by atoms with E-state index in [9.17, 15) is 4.79 Å². The lowest BCUT2D eigenvalue weighted by molar-refractivity contribution is 0.0410. The van der Waals surface area contributed by atoms with Gasteiger partial charge in [-0.3, -0.25) is 9.69 Å². The fourth-order valence-corrected chi connectivity index (χ4v) is 3.49. The summed E-state index contributed by atoms with van der Waals surface area (Å²) in [7, 11) is 1.96. The Morgan fingerprint density at radius 1 is 1.36 bits per heavy atom. The average molecular weight is 365 g/mol. The molecule has 0 unspecified atom stereocenters. The quantitative estimate of drug-likeness (QED) is 0.693. The highest BCUT2D eigenvalue weighted by Crippen LogP contribution is 2.16. The fourth-order valence-electron chi connectivity index (χ4n) is 2.56. The minimum absolute atomic E-state index is 0.215. The molecule has 0 radical (unpaired) electrons. The van der Waals surface area contributed by atoms with Crippen molar-refractivity contribution in [1.29, 1.82) is 0 Å². The summed E-state index contributed by atoms with van der Waals surface area (Å²) in [5.74, 6) is 1.93. The standard InChI is InChI=1S/C16H23N5O3S/c1-20-14(4-5-17-15(22)13-3-2-9-24-13)18-19-16(20)25-12-8-21-6-10-23-11-7-21/h2-3,9H,4-8,10-12H2,1H3,(H,17,22). The maximum Gasteiger partial charge on any atom is 0.286 e. The van der Waals surface area contributed by atoms with Gasteiger partial charge < -0.3 is 19.0 Å². The van der Waals surface area contributed by atoms with Crippen molar-refractivity contribution in [2.75, 3.05) is 45.1 Å². The van der Waals surface area contributed by atoms with Gasteiger partial charge >= 0.3 is 0 Å². The number of nitrogens with zero attached hydrogens (tertiary/aromatic N) is 4. The van der Waals surface area contributed by atoms with Gasteiger partial charge in [0.1, 0.15) is 5.82 Å². The molecule has 1 aliphatic rings.